The second-order valence-corrected chi connectivity index (χ2v) is 5.60. The zero-order valence-corrected chi connectivity index (χ0v) is 11.6. The van der Waals surface area contributed by atoms with Crippen LogP contribution >= 0.6 is 0 Å². The topological polar surface area (TPSA) is 24.9 Å². The predicted molar refractivity (Wildman–Crippen MR) is 80.4 cm³/mol. The molecule has 3 rings (SSSR count). The fourth-order valence-electron chi connectivity index (χ4n) is 3.03. The van der Waals surface area contributed by atoms with Gasteiger partial charge in [-0.2, -0.15) is 0 Å². The number of hydrogen-bond donors (Lipinski definition) is 1. The molecule has 1 aliphatic carbocycles. The van der Waals surface area contributed by atoms with Crippen molar-refractivity contribution in [3.63, 3.8) is 0 Å². The van der Waals surface area contributed by atoms with Gasteiger partial charge in [0, 0.05) is 11.6 Å². The van der Waals surface area contributed by atoms with E-state index in [1.54, 1.807) is 0 Å². The summed E-state index contributed by atoms with van der Waals surface area (Å²) in [6.45, 7) is 4.53. The minimum absolute atomic E-state index is 0.732. The lowest BCUT2D eigenvalue weighted by molar-refractivity contribution is 0.246. The number of benzene rings is 1. The Bertz CT molecular complexity index is 550. The van der Waals surface area contributed by atoms with Crippen LogP contribution < -0.4 is 5.32 Å². The monoisotopic (exact) mass is 254 g/mol. The summed E-state index contributed by atoms with van der Waals surface area (Å²) in [5, 5.41) is 4.80. The minimum atomic E-state index is 0.732. The van der Waals surface area contributed by atoms with E-state index in [9.17, 15) is 0 Å². The molecule has 2 nitrogen and oxygen atoms in total. The molecule has 1 heterocycles. The van der Waals surface area contributed by atoms with E-state index in [0.717, 1.165) is 23.9 Å². The standard InChI is InChI=1S/C17H22N2/c1-2-9-18-12-15-7-8-16(15)14-6-5-13-4-3-10-19-17(13)11-14/h3-6,10-11,15-16,18H,2,7-9,12H2,1H3. The highest BCUT2D eigenvalue weighted by molar-refractivity contribution is 5.79. The third kappa shape index (κ3) is 2.64. The average molecular weight is 254 g/mol. The highest BCUT2D eigenvalue weighted by atomic mass is 14.9. The van der Waals surface area contributed by atoms with Gasteiger partial charge in [0.05, 0.1) is 5.52 Å². The second-order valence-electron chi connectivity index (χ2n) is 5.60. The Morgan fingerprint density at radius 2 is 2.21 bits per heavy atom. The Morgan fingerprint density at radius 1 is 1.26 bits per heavy atom. The Labute approximate surface area is 115 Å². The van der Waals surface area contributed by atoms with Gasteiger partial charge in [-0.15, -0.1) is 0 Å². The van der Waals surface area contributed by atoms with Gasteiger partial charge in [-0.1, -0.05) is 25.1 Å². The van der Waals surface area contributed by atoms with Gasteiger partial charge in [0.15, 0.2) is 0 Å². The highest BCUT2D eigenvalue weighted by Crippen LogP contribution is 2.42. The third-order valence-electron chi connectivity index (χ3n) is 4.31. The summed E-state index contributed by atoms with van der Waals surface area (Å²) < 4.78 is 0. The van der Waals surface area contributed by atoms with Crippen molar-refractivity contribution >= 4 is 10.9 Å². The molecule has 2 aromatic rings. The largest absolute Gasteiger partial charge is 0.316 e. The van der Waals surface area contributed by atoms with Crippen LogP contribution in [0.1, 0.15) is 37.7 Å². The fourth-order valence-corrected chi connectivity index (χ4v) is 3.03. The van der Waals surface area contributed by atoms with Gasteiger partial charge >= 0.3 is 0 Å². The van der Waals surface area contributed by atoms with Crippen molar-refractivity contribution in [1.82, 2.24) is 10.3 Å². The van der Waals surface area contributed by atoms with Gasteiger partial charge in [0.1, 0.15) is 0 Å². The van der Waals surface area contributed by atoms with Gasteiger partial charge < -0.3 is 5.32 Å². The molecule has 100 valence electrons. The summed E-state index contributed by atoms with van der Waals surface area (Å²) >= 11 is 0. The molecular weight excluding hydrogens is 232 g/mol. The van der Waals surface area contributed by atoms with Crippen LogP contribution in [-0.4, -0.2) is 18.1 Å². The first-order valence-electron chi connectivity index (χ1n) is 7.44. The molecule has 1 saturated carbocycles. The first kappa shape index (κ1) is 12.6. The molecular formula is C17H22N2. The summed E-state index contributed by atoms with van der Waals surface area (Å²) in [6, 6.07) is 10.9. The van der Waals surface area contributed by atoms with Crippen LogP contribution in [0.15, 0.2) is 36.5 Å². The predicted octanol–water partition coefficient (Wildman–Crippen LogP) is 3.73. The quantitative estimate of drug-likeness (QED) is 0.822. The van der Waals surface area contributed by atoms with Crippen LogP contribution in [0.4, 0.5) is 0 Å². The van der Waals surface area contributed by atoms with Gasteiger partial charge in [0.2, 0.25) is 0 Å². The zero-order valence-electron chi connectivity index (χ0n) is 11.6. The molecule has 19 heavy (non-hydrogen) atoms. The lowest BCUT2D eigenvalue weighted by Gasteiger charge is -2.37. The molecule has 1 aliphatic rings. The molecule has 1 aromatic heterocycles. The molecule has 2 unspecified atom stereocenters. The second kappa shape index (κ2) is 5.70. The number of aromatic nitrogens is 1. The van der Waals surface area contributed by atoms with Crippen molar-refractivity contribution in [2.75, 3.05) is 13.1 Å². The van der Waals surface area contributed by atoms with Crippen molar-refractivity contribution in [1.29, 1.82) is 0 Å². The molecule has 0 amide bonds. The average Bonchev–Trinajstić information content (AvgIpc) is 2.42. The van der Waals surface area contributed by atoms with E-state index < -0.39 is 0 Å². The summed E-state index contributed by atoms with van der Waals surface area (Å²) in [5.74, 6) is 1.54. The van der Waals surface area contributed by atoms with Crippen molar-refractivity contribution in [3.8, 4) is 0 Å². The summed E-state index contributed by atoms with van der Waals surface area (Å²) in [5.41, 5.74) is 2.60. The lowest BCUT2D eigenvalue weighted by Crippen LogP contribution is -2.34. The van der Waals surface area contributed by atoms with E-state index in [0.29, 0.717) is 0 Å². The first-order chi connectivity index (χ1) is 9.38. The molecule has 1 N–H and O–H groups in total. The molecule has 1 fully saturated rings. The molecule has 0 spiro atoms. The van der Waals surface area contributed by atoms with E-state index in [-0.39, 0.29) is 0 Å². The summed E-state index contributed by atoms with van der Waals surface area (Å²) in [4.78, 5) is 4.47. The van der Waals surface area contributed by atoms with E-state index in [4.69, 9.17) is 0 Å². The van der Waals surface area contributed by atoms with Crippen molar-refractivity contribution in [2.24, 2.45) is 5.92 Å². The normalized spacial score (nSPS) is 22.4. The van der Waals surface area contributed by atoms with Crippen LogP contribution in [0, 0.1) is 5.92 Å². The number of hydrogen-bond acceptors (Lipinski definition) is 2. The Kier molecular flexibility index (Phi) is 3.79. The Morgan fingerprint density at radius 3 is 3.00 bits per heavy atom. The number of nitrogens with zero attached hydrogens (tertiary/aromatic N) is 1. The van der Waals surface area contributed by atoms with Crippen LogP contribution in [0.2, 0.25) is 0 Å². The maximum Gasteiger partial charge on any atom is 0.0704 e. The van der Waals surface area contributed by atoms with Gasteiger partial charge in [-0.05, 0) is 61.9 Å². The Balaban J connectivity index is 1.73. The third-order valence-corrected chi connectivity index (χ3v) is 4.31. The van der Waals surface area contributed by atoms with Gasteiger partial charge in [-0.25, -0.2) is 0 Å². The summed E-state index contributed by atoms with van der Waals surface area (Å²) in [7, 11) is 0. The van der Waals surface area contributed by atoms with Crippen molar-refractivity contribution in [2.45, 2.75) is 32.1 Å². The molecule has 0 radical (unpaired) electrons. The van der Waals surface area contributed by atoms with Gasteiger partial charge in [0.25, 0.3) is 0 Å². The molecule has 0 aliphatic heterocycles. The van der Waals surface area contributed by atoms with E-state index >= 15 is 0 Å². The molecule has 0 saturated heterocycles. The fraction of sp³-hybridized carbons (Fsp3) is 0.471. The smallest absolute Gasteiger partial charge is 0.0704 e. The zero-order chi connectivity index (χ0) is 13.1. The Hall–Kier alpha value is -1.41. The molecule has 0 bridgehead atoms. The molecule has 2 atom stereocenters. The van der Waals surface area contributed by atoms with E-state index in [2.05, 4.69) is 41.5 Å². The van der Waals surface area contributed by atoms with Crippen molar-refractivity contribution in [3.05, 3.63) is 42.1 Å². The minimum Gasteiger partial charge on any atom is -0.316 e. The highest BCUT2D eigenvalue weighted by Gasteiger charge is 2.31. The SMILES string of the molecule is CCCNCC1CCC1c1ccc2cccnc2c1. The number of rotatable bonds is 5. The number of pyridine rings is 1. The maximum atomic E-state index is 4.47. The summed E-state index contributed by atoms with van der Waals surface area (Å²) in [6.07, 6.45) is 5.79. The first-order valence-corrected chi connectivity index (χ1v) is 7.44. The lowest BCUT2D eigenvalue weighted by atomic mass is 9.70. The molecule has 1 aromatic carbocycles. The van der Waals surface area contributed by atoms with Gasteiger partial charge in [-0.3, -0.25) is 4.98 Å². The van der Waals surface area contributed by atoms with Crippen molar-refractivity contribution < 1.29 is 0 Å². The maximum absolute atomic E-state index is 4.47. The number of nitrogens with one attached hydrogen (secondary N) is 1. The van der Waals surface area contributed by atoms with Crippen LogP contribution in [0.25, 0.3) is 10.9 Å². The van der Waals surface area contributed by atoms with E-state index in [1.807, 2.05) is 12.3 Å². The molecule has 2 heteroatoms. The van der Waals surface area contributed by atoms with Crippen LogP contribution in [0.5, 0.6) is 0 Å². The van der Waals surface area contributed by atoms with Crippen LogP contribution in [-0.2, 0) is 0 Å². The number of fused-ring (bicyclic) bond motifs is 1. The van der Waals surface area contributed by atoms with E-state index in [1.165, 1.54) is 36.8 Å². The van der Waals surface area contributed by atoms with Crippen LogP contribution in [0.3, 0.4) is 0 Å².